The van der Waals surface area contributed by atoms with Crippen LogP contribution in [-0.4, -0.2) is 4.98 Å². The smallest absolute Gasteiger partial charge is 0.0661 e. The number of aromatic nitrogens is 1. The first kappa shape index (κ1) is 7.53. The molecular formula is C11H13N. The lowest BCUT2D eigenvalue weighted by atomic mass is 9.96. The van der Waals surface area contributed by atoms with E-state index in [0.717, 1.165) is 6.42 Å². The molecule has 1 aromatic heterocycles. The van der Waals surface area contributed by atoms with E-state index in [2.05, 4.69) is 30.1 Å². The first-order valence-electron chi connectivity index (χ1n) is 4.55. The highest BCUT2D eigenvalue weighted by molar-refractivity contribution is 5.54. The van der Waals surface area contributed by atoms with Crippen molar-refractivity contribution in [2.24, 2.45) is 0 Å². The molecule has 0 saturated heterocycles. The van der Waals surface area contributed by atoms with Gasteiger partial charge in [0.2, 0.25) is 0 Å². The van der Waals surface area contributed by atoms with Crippen molar-refractivity contribution in [3.63, 3.8) is 0 Å². The molecule has 0 atom stereocenters. The summed E-state index contributed by atoms with van der Waals surface area (Å²) in [5.41, 5.74) is 4.10. The number of aryl methyl sites for hydroxylation is 1. The Hall–Kier alpha value is -1.11. The van der Waals surface area contributed by atoms with Gasteiger partial charge in [-0.15, -0.1) is 0 Å². The third kappa shape index (κ3) is 1.15. The Kier molecular flexibility index (Phi) is 1.94. The highest BCUT2D eigenvalue weighted by atomic mass is 14.7. The number of pyridine rings is 1. The Balaban J connectivity index is 2.53. The second kappa shape index (κ2) is 3.10. The molecule has 12 heavy (non-hydrogen) atoms. The van der Waals surface area contributed by atoms with Crippen LogP contribution in [0.4, 0.5) is 0 Å². The van der Waals surface area contributed by atoms with Gasteiger partial charge in [-0.3, -0.25) is 4.98 Å². The van der Waals surface area contributed by atoms with Crippen molar-refractivity contribution in [1.82, 2.24) is 4.98 Å². The van der Waals surface area contributed by atoms with Crippen LogP contribution in [-0.2, 0) is 12.8 Å². The van der Waals surface area contributed by atoms with Gasteiger partial charge in [0.25, 0.3) is 0 Å². The summed E-state index contributed by atoms with van der Waals surface area (Å²) in [5, 5.41) is 0. The van der Waals surface area contributed by atoms with Crippen LogP contribution >= 0.6 is 0 Å². The molecule has 0 bridgehead atoms. The summed E-state index contributed by atoms with van der Waals surface area (Å²) in [6.45, 7) is 2.20. The van der Waals surface area contributed by atoms with Gasteiger partial charge in [-0.1, -0.05) is 13.0 Å². The second-order valence-electron chi connectivity index (χ2n) is 3.13. The van der Waals surface area contributed by atoms with Gasteiger partial charge in [0.05, 0.1) is 5.69 Å². The second-order valence-corrected chi connectivity index (χ2v) is 3.13. The molecule has 62 valence electrons. The number of fused-ring (bicyclic) bond motifs is 1. The fourth-order valence-electron chi connectivity index (χ4n) is 1.74. The molecule has 1 heteroatoms. The normalized spacial score (nSPS) is 14.4. The Morgan fingerprint density at radius 2 is 2.42 bits per heavy atom. The van der Waals surface area contributed by atoms with Crippen molar-refractivity contribution >= 4 is 6.08 Å². The molecule has 0 N–H and O–H groups in total. The molecule has 0 fully saturated rings. The summed E-state index contributed by atoms with van der Waals surface area (Å²) in [6, 6.07) is 2.14. The van der Waals surface area contributed by atoms with E-state index in [1.807, 2.05) is 6.20 Å². The molecule has 1 nitrogen and oxygen atoms in total. The Labute approximate surface area is 73.1 Å². The van der Waals surface area contributed by atoms with E-state index in [4.69, 9.17) is 0 Å². The molecule has 2 rings (SSSR count). The molecule has 1 heterocycles. The topological polar surface area (TPSA) is 12.9 Å². The monoisotopic (exact) mass is 159 g/mol. The van der Waals surface area contributed by atoms with Crippen LogP contribution in [0.5, 0.6) is 0 Å². The number of hydrogen-bond donors (Lipinski definition) is 0. The van der Waals surface area contributed by atoms with Crippen LogP contribution in [0.25, 0.3) is 6.08 Å². The van der Waals surface area contributed by atoms with Crippen LogP contribution in [0.1, 0.15) is 30.2 Å². The zero-order chi connectivity index (χ0) is 8.39. The summed E-state index contributed by atoms with van der Waals surface area (Å²) in [7, 11) is 0. The number of rotatable bonds is 1. The average Bonchev–Trinajstić information content (AvgIpc) is 2.17. The minimum Gasteiger partial charge on any atom is -0.257 e. The number of nitrogens with zero attached hydrogens (tertiary/aromatic N) is 1. The van der Waals surface area contributed by atoms with Gasteiger partial charge in [-0.05, 0) is 42.5 Å². The van der Waals surface area contributed by atoms with E-state index < -0.39 is 0 Å². The third-order valence-electron chi connectivity index (χ3n) is 2.40. The van der Waals surface area contributed by atoms with Crippen LogP contribution in [0.3, 0.4) is 0 Å². The maximum absolute atomic E-state index is 4.34. The number of allylic oxidation sites excluding steroid dienone is 1. The van der Waals surface area contributed by atoms with Crippen LogP contribution in [0.15, 0.2) is 18.3 Å². The van der Waals surface area contributed by atoms with Gasteiger partial charge in [0, 0.05) is 6.20 Å². The Morgan fingerprint density at radius 1 is 1.50 bits per heavy atom. The van der Waals surface area contributed by atoms with E-state index in [-0.39, 0.29) is 0 Å². The van der Waals surface area contributed by atoms with E-state index in [1.54, 1.807) is 0 Å². The Morgan fingerprint density at radius 3 is 3.25 bits per heavy atom. The summed E-state index contributed by atoms with van der Waals surface area (Å²) in [6.07, 6.45) is 9.72. The fraction of sp³-hybridized carbons (Fsp3) is 0.364. The molecule has 1 aliphatic rings. The lowest BCUT2D eigenvalue weighted by Crippen LogP contribution is -2.01. The van der Waals surface area contributed by atoms with Crippen molar-refractivity contribution in [2.75, 3.05) is 0 Å². The van der Waals surface area contributed by atoms with Gasteiger partial charge < -0.3 is 0 Å². The average molecular weight is 159 g/mol. The van der Waals surface area contributed by atoms with Crippen molar-refractivity contribution in [3.8, 4) is 0 Å². The Bertz CT molecular complexity index is 313. The molecular weight excluding hydrogens is 146 g/mol. The highest BCUT2D eigenvalue weighted by Crippen LogP contribution is 2.20. The largest absolute Gasteiger partial charge is 0.257 e. The number of hydrogen-bond acceptors (Lipinski definition) is 1. The minimum atomic E-state index is 1.12. The minimum absolute atomic E-state index is 1.12. The highest BCUT2D eigenvalue weighted by Gasteiger charge is 2.08. The van der Waals surface area contributed by atoms with Gasteiger partial charge in [-0.25, -0.2) is 0 Å². The van der Waals surface area contributed by atoms with Crippen LogP contribution < -0.4 is 0 Å². The standard InChI is InChI=1S/C11H13N/c1-2-9-7-8-12-11-6-4-3-5-10(9)11/h4,6-8H,2-3,5H2,1H3. The molecule has 1 aliphatic carbocycles. The predicted molar refractivity (Wildman–Crippen MR) is 51.0 cm³/mol. The van der Waals surface area contributed by atoms with Crippen LogP contribution in [0, 0.1) is 0 Å². The van der Waals surface area contributed by atoms with E-state index in [9.17, 15) is 0 Å². The lowest BCUT2D eigenvalue weighted by Gasteiger charge is -2.12. The summed E-state index contributed by atoms with van der Waals surface area (Å²) >= 11 is 0. The zero-order valence-electron chi connectivity index (χ0n) is 7.38. The van der Waals surface area contributed by atoms with Crippen molar-refractivity contribution < 1.29 is 0 Å². The zero-order valence-corrected chi connectivity index (χ0v) is 7.38. The predicted octanol–water partition coefficient (Wildman–Crippen LogP) is 2.60. The van der Waals surface area contributed by atoms with Crippen LogP contribution in [0.2, 0.25) is 0 Å². The van der Waals surface area contributed by atoms with Crippen molar-refractivity contribution in [3.05, 3.63) is 35.2 Å². The van der Waals surface area contributed by atoms with Gasteiger partial charge in [-0.2, -0.15) is 0 Å². The molecule has 0 amide bonds. The molecule has 0 aliphatic heterocycles. The van der Waals surface area contributed by atoms with E-state index >= 15 is 0 Å². The molecule has 0 saturated carbocycles. The summed E-state index contributed by atoms with van der Waals surface area (Å²) in [5.74, 6) is 0. The van der Waals surface area contributed by atoms with Gasteiger partial charge >= 0.3 is 0 Å². The first-order valence-corrected chi connectivity index (χ1v) is 4.55. The third-order valence-corrected chi connectivity index (χ3v) is 2.40. The molecule has 1 aromatic rings. The van der Waals surface area contributed by atoms with Gasteiger partial charge in [0.15, 0.2) is 0 Å². The van der Waals surface area contributed by atoms with E-state index in [1.165, 1.54) is 29.7 Å². The summed E-state index contributed by atoms with van der Waals surface area (Å²) in [4.78, 5) is 4.34. The fourth-order valence-corrected chi connectivity index (χ4v) is 1.74. The van der Waals surface area contributed by atoms with E-state index in [0.29, 0.717) is 0 Å². The van der Waals surface area contributed by atoms with Gasteiger partial charge in [0.1, 0.15) is 0 Å². The molecule has 0 unspecified atom stereocenters. The SMILES string of the molecule is CCc1ccnc2c1CCC=C2. The van der Waals surface area contributed by atoms with Crippen molar-refractivity contribution in [1.29, 1.82) is 0 Å². The molecule has 0 aromatic carbocycles. The summed E-state index contributed by atoms with van der Waals surface area (Å²) < 4.78 is 0. The lowest BCUT2D eigenvalue weighted by molar-refractivity contribution is 0.925. The maximum Gasteiger partial charge on any atom is 0.0661 e. The van der Waals surface area contributed by atoms with Crippen molar-refractivity contribution in [2.45, 2.75) is 26.2 Å². The maximum atomic E-state index is 4.34. The molecule has 0 spiro atoms. The molecule has 0 radical (unpaired) electrons. The first-order chi connectivity index (χ1) is 5.92. The quantitative estimate of drug-likeness (QED) is 0.613.